The molecule has 2 atom stereocenters. The van der Waals surface area contributed by atoms with Crippen molar-refractivity contribution in [1.29, 1.82) is 0 Å². The summed E-state index contributed by atoms with van der Waals surface area (Å²) < 4.78 is 17.2. The van der Waals surface area contributed by atoms with Crippen LogP contribution in [0.15, 0.2) is 60.0 Å². The monoisotopic (exact) mass is 455 g/mol. The quantitative estimate of drug-likeness (QED) is 0.508. The molecule has 2 aliphatic rings. The second kappa shape index (κ2) is 7.94. The molecule has 0 fully saturated rings. The van der Waals surface area contributed by atoms with Crippen molar-refractivity contribution in [3.63, 3.8) is 0 Å². The topological polar surface area (TPSA) is 56.2 Å². The minimum atomic E-state index is -0.434. The Labute approximate surface area is 190 Å². The number of ether oxygens (including phenoxy) is 3. The van der Waals surface area contributed by atoms with Crippen LogP contribution in [0, 0.1) is 0 Å². The third kappa shape index (κ3) is 3.46. The third-order valence-electron chi connectivity index (χ3n) is 5.52. The first-order valence-corrected chi connectivity index (χ1v) is 10.5. The minimum absolute atomic E-state index is 0.0683. The number of methoxy groups -OCH3 is 2. The lowest BCUT2D eigenvalue weighted by molar-refractivity contribution is -0.0189. The maximum atomic E-state index is 6.51. The largest absolute Gasteiger partial charge is 0.493 e. The van der Waals surface area contributed by atoms with Gasteiger partial charge in [-0.2, -0.15) is 5.10 Å². The van der Waals surface area contributed by atoms with Crippen LogP contribution in [0.1, 0.15) is 35.4 Å². The number of nitrogens with zero attached hydrogens (tertiary/aromatic N) is 3. The second-order valence-electron chi connectivity index (χ2n) is 7.27. The molecule has 2 aromatic carbocycles. The van der Waals surface area contributed by atoms with Crippen molar-refractivity contribution in [2.45, 2.75) is 18.7 Å². The Kier molecular flexibility index (Phi) is 5.12. The van der Waals surface area contributed by atoms with Gasteiger partial charge in [0.2, 0.25) is 6.23 Å². The Balaban J connectivity index is 1.61. The molecule has 0 radical (unpaired) electrons. The van der Waals surface area contributed by atoms with Crippen molar-refractivity contribution < 1.29 is 14.2 Å². The summed E-state index contributed by atoms with van der Waals surface area (Å²) in [6.45, 7) is 0. The number of hydrazone groups is 1. The van der Waals surface area contributed by atoms with Crippen LogP contribution in [0.4, 0.5) is 0 Å². The van der Waals surface area contributed by atoms with Crippen LogP contribution in [0.3, 0.4) is 0 Å². The Morgan fingerprint density at radius 3 is 2.52 bits per heavy atom. The summed E-state index contributed by atoms with van der Waals surface area (Å²) in [5.74, 6) is 1.96. The first kappa shape index (κ1) is 20.0. The maximum Gasteiger partial charge on any atom is 0.214 e. The minimum Gasteiger partial charge on any atom is -0.493 e. The van der Waals surface area contributed by atoms with E-state index in [4.69, 9.17) is 42.5 Å². The van der Waals surface area contributed by atoms with Gasteiger partial charge < -0.3 is 14.2 Å². The molecule has 0 saturated heterocycles. The predicted octanol–water partition coefficient (Wildman–Crippen LogP) is 5.65. The van der Waals surface area contributed by atoms with Gasteiger partial charge in [-0.1, -0.05) is 23.2 Å². The molecule has 158 valence electrons. The Morgan fingerprint density at radius 2 is 1.77 bits per heavy atom. The molecule has 2 aliphatic heterocycles. The van der Waals surface area contributed by atoms with Gasteiger partial charge in [0.25, 0.3) is 0 Å². The molecule has 0 N–H and O–H groups in total. The standard InChI is InChI=1S/C23H19Cl2N3O3/c1-29-20-4-3-14(9-21(20)30-2)18-12-19-16-10-15(24)11-17(25)22(16)31-23(28(19)27-18)13-5-7-26-8-6-13/h3-11,19,23H,12H2,1-2H3. The fraction of sp³-hybridized carbons (Fsp3) is 0.217. The van der Waals surface area contributed by atoms with E-state index in [0.29, 0.717) is 33.7 Å². The number of fused-ring (bicyclic) bond motifs is 3. The van der Waals surface area contributed by atoms with E-state index in [9.17, 15) is 0 Å². The van der Waals surface area contributed by atoms with Gasteiger partial charge in [0.1, 0.15) is 5.75 Å². The van der Waals surface area contributed by atoms with Gasteiger partial charge in [0, 0.05) is 40.5 Å². The van der Waals surface area contributed by atoms with E-state index in [0.717, 1.165) is 22.4 Å². The van der Waals surface area contributed by atoms with Crippen LogP contribution >= 0.6 is 23.2 Å². The molecule has 5 rings (SSSR count). The fourth-order valence-corrected chi connectivity index (χ4v) is 4.61. The lowest BCUT2D eigenvalue weighted by Crippen LogP contribution is -2.33. The smallest absolute Gasteiger partial charge is 0.214 e. The summed E-state index contributed by atoms with van der Waals surface area (Å²) >= 11 is 12.8. The highest BCUT2D eigenvalue weighted by molar-refractivity contribution is 6.35. The van der Waals surface area contributed by atoms with Crippen molar-refractivity contribution in [2.24, 2.45) is 5.10 Å². The number of hydrogen-bond donors (Lipinski definition) is 0. The summed E-state index contributed by atoms with van der Waals surface area (Å²) in [6.07, 6.45) is 3.71. The van der Waals surface area contributed by atoms with Gasteiger partial charge in [-0.05, 0) is 42.5 Å². The molecule has 8 heteroatoms. The van der Waals surface area contributed by atoms with Crippen LogP contribution in [-0.2, 0) is 0 Å². The van der Waals surface area contributed by atoms with E-state index in [-0.39, 0.29) is 6.04 Å². The molecule has 31 heavy (non-hydrogen) atoms. The SMILES string of the molecule is COc1ccc(C2=NN3C(C2)c2cc(Cl)cc(Cl)c2OC3c2ccncc2)cc1OC. The van der Waals surface area contributed by atoms with E-state index in [1.165, 1.54) is 0 Å². The lowest BCUT2D eigenvalue weighted by atomic mass is 9.95. The first-order chi connectivity index (χ1) is 15.1. The first-order valence-electron chi connectivity index (χ1n) is 9.72. The molecule has 0 aliphatic carbocycles. The molecule has 1 aromatic heterocycles. The van der Waals surface area contributed by atoms with Crippen molar-refractivity contribution in [2.75, 3.05) is 14.2 Å². The van der Waals surface area contributed by atoms with Gasteiger partial charge in [-0.25, -0.2) is 5.01 Å². The fourth-order valence-electron chi connectivity index (χ4n) is 4.05. The number of rotatable bonds is 4. The van der Waals surface area contributed by atoms with Crippen LogP contribution in [-0.4, -0.2) is 29.9 Å². The van der Waals surface area contributed by atoms with Gasteiger partial charge in [-0.15, -0.1) is 0 Å². The summed E-state index contributed by atoms with van der Waals surface area (Å²) in [4.78, 5) is 4.12. The Bertz CT molecular complexity index is 1170. The van der Waals surface area contributed by atoms with E-state index < -0.39 is 6.23 Å². The van der Waals surface area contributed by atoms with Gasteiger partial charge in [0.05, 0.1) is 31.0 Å². The van der Waals surface area contributed by atoms with Crippen LogP contribution < -0.4 is 14.2 Å². The second-order valence-corrected chi connectivity index (χ2v) is 8.12. The summed E-state index contributed by atoms with van der Waals surface area (Å²) in [5, 5.41) is 7.97. The average molecular weight is 456 g/mol. The highest BCUT2D eigenvalue weighted by Gasteiger charge is 2.42. The van der Waals surface area contributed by atoms with E-state index in [1.807, 2.05) is 41.4 Å². The molecule has 0 bridgehead atoms. The Hall–Kier alpha value is -2.96. The zero-order valence-electron chi connectivity index (χ0n) is 16.9. The molecule has 3 heterocycles. The zero-order valence-corrected chi connectivity index (χ0v) is 18.4. The number of aromatic nitrogens is 1. The van der Waals surface area contributed by atoms with Crippen molar-refractivity contribution in [3.8, 4) is 17.2 Å². The summed E-state index contributed by atoms with van der Waals surface area (Å²) in [6, 6.07) is 13.2. The van der Waals surface area contributed by atoms with Crippen LogP contribution in [0.5, 0.6) is 17.2 Å². The maximum absolute atomic E-state index is 6.51. The highest BCUT2D eigenvalue weighted by Crippen LogP contribution is 2.50. The van der Waals surface area contributed by atoms with Crippen molar-refractivity contribution >= 4 is 28.9 Å². The average Bonchev–Trinajstić information content (AvgIpc) is 3.24. The summed E-state index contributed by atoms with van der Waals surface area (Å²) in [7, 11) is 3.24. The van der Waals surface area contributed by atoms with Crippen LogP contribution in [0.2, 0.25) is 10.0 Å². The number of pyridine rings is 1. The van der Waals surface area contributed by atoms with Gasteiger partial charge in [0.15, 0.2) is 11.5 Å². The van der Waals surface area contributed by atoms with Gasteiger partial charge in [-0.3, -0.25) is 4.98 Å². The zero-order chi connectivity index (χ0) is 21.5. The highest BCUT2D eigenvalue weighted by atomic mass is 35.5. The van der Waals surface area contributed by atoms with Gasteiger partial charge >= 0.3 is 0 Å². The van der Waals surface area contributed by atoms with Crippen molar-refractivity contribution in [3.05, 3.63) is 81.6 Å². The number of hydrogen-bond acceptors (Lipinski definition) is 6. The molecular formula is C23H19Cl2N3O3. The Morgan fingerprint density at radius 1 is 1.00 bits per heavy atom. The molecule has 2 unspecified atom stereocenters. The number of benzene rings is 2. The predicted molar refractivity (Wildman–Crippen MR) is 119 cm³/mol. The molecule has 0 saturated carbocycles. The van der Waals surface area contributed by atoms with Crippen LogP contribution in [0.25, 0.3) is 0 Å². The number of halogens is 2. The molecule has 3 aromatic rings. The van der Waals surface area contributed by atoms with E-state index in [2.05, 4.69) is 4.98 Å². The molecular weight excluding hydrogens is 437 g/mol. The third-order valence-corrected chi connectivity index (χ3v) is 6.02. The molecule has 0 spiro atoms. The van der Waals surface area contributed by atoms with E-state index in [1.54, 1.807) is 32.7 Å². The lowest BCUT2D eigenvalue weighted by Gasteiger charge is -2.38. The van der Waals surface area contributed by atoms with Crippen molar-refractivity contribution in [1.82, 2.24) is 9.99 Å². The normalized spacial score (nSPS) is 19.2. The van der Waals surface area contributed by atoms with E-state index >= 15 is 0 Å². The summed E-state index contributed by atoms with van der Waals surface area (Å²) in [5.41, 5.74) is 3.73. The molecule has 0 amide bonds. The molecule has 6 nitrogen and oxygen atoms in total.